The minimum atomic E-state index is -0.539. The van der Waals surface area contributed by atoms with Crippen LogP contribution in [-0.2, 0) is 6.61 Å². The summed E-state index contributed by atoms with van der Waals surface area (Å²) in [5, 5.41) is 14.8. The van der Waals surface area contributed by atoms with E-state index < -0.39 is 10.8 Å². The number of rotatable bonds is 10. The summed E-state index contributed by atoms with van der Waals surface area (Å²) in [6.07, 6.45) is 2.57. The van der Waals surface area contributed by atoms with Gasteiger partial charge in [-0.15, -0.1) is 0 Å². The lowest BCUT2D eigenvalue weighted by Crippen LogP contribution is -2.16. The lowest BCUT2D eigenvalue weighted by molar-refractivity contribution is -0.385. The standard InChI is InChI=1S/C30H23Br2N5O6/c1-18-3-4-19(2)36(18)21-5-8-23(9-6-21)41-17-24-10-11-27(42-24)30(38)35-34-15-20-13-25(31)29(26(32)14-20)43-28-12-7-22(16-33-28)37(39)40/h3-16H,17H2,1-2H3,(H,35,38)/b34-15+. The molecule has 1 N–H and O–H groups in total. The highest BCUT2D eigenvalue weighted by molar-refractivity contribution is 9.11. The number of furan rings is 1. The van der Waals surface area contributed by atoms with Gasteiger partial charge in [-0.1, -0.05) is 0 Å². The Bertz CT molecular complexity index is 1770. The normalized spacial score (nSPS) is 11.1. The molecule has 0 saturated carbocycles. The molecule has 2 aromatic carbocycles. The molecule has 0 bridgehead atoms. The number of aryl methyl sites for hydroxylation is 2. The highest BCUT2D eigenvalue weighted by Gasteiger charge is 2.14. The number of hydrazone groups is 1. The van der Waals surface area contributed by atoms with Crippen LogP contribution in [0.15, 0.2) is 97.5 Å². The molecule has 218 valence electrons. The van der Waals surface area contributed by atoms with E-state index in [1.54, 1.807) is 24.3 Å². The molecule has 1 amide bonds. The second-order valence-corrected chi connectivity index (χ2v) is 10.9. The summed E-state index contributed by atoms with van der Waals surface area (Å²) < 4.78 is 20.5. The van der Waals surface area contributed by atoms with Crippen molar-refractivity contribution in [3.8, 4) is 23.1 Å². The number of ether oxygens (including phenoxy) is 2. The van der Waals surface area contributed by atoms with Crippen molar-refractivity contribution in [2.45, 2.75) is 20.5 Å². The predicted octanol–water partition coefficient (Wildman–Crippen LogP) is 7.65. The molecule has 0 saturated heterocycles. The smallest absolute Gasteiger partial charge is 0.307 e. The molecule has 11 nitrogen and oxygen atoms in total. The lowest BCUT2D eigenvalue weighted by atomic mass is 10.2. The molecule has 0 aliphatic heterocycles. The Morgan fingerprint density at radius 2 is 1.74 bits per heavy atom. The third kappa shape index (κ3) is 7.19. The largest absolute Gasteiger partial charge is 0.486 e. The van der Waals surface area contributed by atoms with Gasteiger partial charge in [0.25, 0.3) is 5.69 Å². The van der Waals surface area contributed by atoms with E-state index in [0.29, 0.717) is 31.8 Å². The first-order chi connectivity index (χ1) is 20.7. The maximum absolute atomic E-state index is 12.5. The number of nitrogens with zero attached hydrogens (tertiary/aromatic N) is 4. The number of hydrogen-bond donors (Lipinski definition) is 1. The second kappa shape index (κ2) is 13.0. The van der Waals surface area contributed by atoms with Crippen molar-refractivity contribution in [1.29, 1.82) is 0 Å². The van der Waals surface area contributed by atoms with Gasteiger partial charge in [0.15, 0.2) is 11.5 Å². The van der Waals surface area contributed by atoms with Crippen LogP contribution in [0.1, 0.15) is 33.3 Å². The van der Waals surface area contributed by atoms with Crippen molar-refractivity contribution in [1.82, 2.24) is 15.0 Å². The fourth-order valence-electron chi connectivity index (χ4n) is 4.12. The van der Waals surface area contributed by atoms with E-state index in [2.05, 4.69) is 77.9 Å². The molecule has 0 atom stereocenters. The van der Waals surface area contributed by atoms with E-state index in [0.717, 1.165) is 23.3 Å². The topological polar surface area (TPSA) is 134 Å². The second-order valence-electron chi connectivity index (χ2n) is 9.23. The van der Waals surface area contributed by atoms with Gasteiger partial charge in [-0.2, -0.15) is 5.10 Å². The van der Waals surface area contributed by atoms with Gasteiger partial charge in [0.05, 0.1) is 20.1 Å². The van der Waals surface area contributed by atoms with Crippen LogP contribution in [0.4, 0.5) is 5.69 Å². The molecule has 3 aromatic heterocycles. The third-order valence-electron chi connectivity index (χ3n) is 6.17. The van der Waals surface area contributed by atoms with E-state index in [4.69, 9.17) is 13.9 Å². The maximum atomic E-state index is 12.5. The van der Waals surface area contributed by atoms with Crippen molar-refractivity contribution in [3.05, 3.63) is 127 Å². The van der Waals surface area contributed by atoms with Gasteiger partial charge in [-0.05, 0) is 112 Å². The van der Waals surface area contributed by atoms with Crippen LogP contribution in [0.2, 0.25) is 0 Å². The molecule has 5 aromatic rings. The van der Waals surface area contributed by atoms with Gasteiger partial charge in [-0.3, -0.25) is 14.9 Å². The minimum absolute atomic E-state index is 0.0892. The third-order valence-corrected chi connectivity index (χ3v) is 7.35. The van der Waals surface area contributed by atoms with Gasteiger partial charge >= 0.3 is 5.91 Å². The first kappa shape index (κ1) is 29.7. The molecule has 0 spiro atoms. The number of aromatic nitrogens is 2. The highest BCUT2D eigenvalue weighted by Crippen LogP contribution is 2.37. The zero-order valence-corrected chi connectivity index (χ0v) is 26.0. The van der Waals surface area contributed by atoms with Crippen molar-refractivity contribution >= 4 is 49.7 Å². The number of carbonyl (C=O) groups is 1. The van der Waals surface area contributed by atoms with Crippen molar-refractivity contribution in [2.24, 2.45) is 5.10 Å². The molecule has 0 radical (unpaired) electrons. The summed E-state index contributed by atoms with van der Waals surface area (Å²) in [5.74, 6) is 1.32. The molecule has 0 fully saturated rings. The van der Waals surface area contributed by atoms with Gasteiger partial charge in [-0.25, -0.2) is 10.4 Å². The van der Waals surface area contributed by atoms with Gasteiger partial charge in [0.1, 0.15) is 24.3 Å². The molecular weight excluding hydrogens is 686 g/mol. The maximum Gasteiger partial charge on any atom is 0.307 e. The first-order valence-corrected chi connectivity index (χ1v) is 14.3. The average molecular weight is 709 g/mol. The Labute approximate surface area is 262 Å². The van der Waals surface area contributed by atoms with Crippen molar-refractivity contribution in [3.63, 3.8) is 0 Å². The Kier molecular flexibility index (Phi) is 9.02. The van der Waals surface area contributed by atoms with Crippen LogP contribution in [0.5, 0.6) is 17.4 Å². The Morgan fingerprint density at radius 1 is 1.05 bits per heavy atom. The van der Waals surface area contributed by atoms with Gasteiger partial charge in [0, 0.05) is 29.2 Å². The Morgan fingerprint density at radius 3 is 2.37 bits per heavy atom. The number of benzene rings is 2. The summed E-state index contributed by atoms with van der Waals surface area (Å²) in [7, 11) is 0. The fourth-order valence-corrected chi connectivity index (χ4v) is 5.50. The highest BCUT2D eigenvalue weighted by atomic mass is 79.9. The minimum Gasteiger partial charge on any atom is -0.486 e. The lowest BCUT2D eigenvalue weighted by Gasteiger charge is -2.10. The monoisotopic (exact) mass is 707 g/mol. The van der Waals surface area contributed by atoms with E-state index in [9.17, 15) is 14.9 Å². The number of amides is 1. The summed E-state index contributed by atoms with van der Waals surface area (Å²) in [4.78, 5) is 26.8. The van der Waals surface area contributed by atoms with E-state index in [1.165, 1.54) is 18.3 Å². The van der Waals surface area contributed by atoms with Crippen LogP contribution >= 0.6 is 31.9 Å². The van der Waals surface area contributed by atoms with E-state index in [1.807, 2.05) is 24.3 Å². The van der Waals surface area contributed by atoms with Crippen molar-refractivity contribution in [2.75, 3.05) is 0 Å². The summed E-state index contributed by atoms with van der Waals surface area (Å²) in [6.45, 7) is 4.28. The number of carbonyl (C=O) groups excluding carboxylic acids is 1. The van der Waals surface area contributed by atoms with E-state index in [-0.39, 0.29) is 23.9 Å². The van der Waals surface area contributed by atoms with Gasteiger partial charge in [0.2, 0.25) is 5.88 Å². The van der Waals surface area contributed by atoms with Crippen LogP contribution in [0, 0.1) is 24.0 Å². The predicted molar refractivity (Wildman–Crippen MR) is 166 cm³/mol. The van der Waals surface area contributed by atoms with E-state index >= 15 is 0 Å². The first-order valence-electron chi connectivity index (χ1n) is 12.8. The van der Waals surface area contributed by atoms with Crippen LogP contribution < -0.4 is 14.9 Å². The molecule has 13 heteroatoms. The SMILES string of the molecule is Cc1ccc(C)n1-c1ccc(OCc2ccc(C(=O)N/N=C/c3cc(Br)c(Oc4ccc([N+](=O)[O-])cn4)c(Br)c3)o2)cc1. The molecule has 5 rings (SSSR count). The molecule has 0 aliphatic rings. The number of pyridine rings is 1. The van der Waals surface area contributed by atoms with Crippen molar-refractivity contribution < 1.29 is 23.6 Å². The average Bonchev–Trinajstić information content (AvgIpc) is 3.60. The summed E-state index contributed by atoms with van der Waals surface area (Å²) in [6, 6.07) is 21.3. The quantitative estimate of drug-likeness (QED) is 0.0895. The van der Waals surface area contributed by atoms with Crippen LogP contribution in [-0.4, -0.2) is 26.6 Å². The number of nitrogens with one attached hydrogen (secondary N) is 1. The molecule has 0 unspecified atom stereocenters. The Hall–Kier alpha value is -4.75. The molecule has 0 aliphatic carbocycles. The van der Waals surface area contributed by atoms with Gasteiger partial charge < -0.3 is 18.5 Å². The summed E-state index contributed by atoms with van der Waals surface area (Å²) >= 11 is 6.87. The zero-order valence-electron chi connectivity index (χ0n) is 22.8. The number of nitro groups is 1. The molecule has 3 heterocycles. The van der Waals surface area contributed by atoms with Crippen LogP contribution in [0.3, 0.4) is 0 Å². The number of hydrogen-bond acceptors (Lipinski definition) is 8. The summed E-state index contributed by atoms with van der Waals surface area (Å²) in [5.41, 5.74) is 6.29. The molecule has 43 heavy (non-hydrogen) atoms. The Balaban J connectivity index is 1.14. The zero-order chi connectivity index (χ0) is 30.5. The molecular formula is C30H23Br2N5O6. The fraction of sp³-hybridized carbons (Fsp3) is 0.100. The van der Waals surface area contributed by atoms with Crippen LogP contribution in [0.25, 0.3) is 5.69 Å². The number of halogens is 2.